The highest BCUT2D eigenvalue weighted by atomic mass is 19.4. The average Bonchev–Trinajstić information content (AvgIpc) is 3.02. The van der Waals surface area contributed by atoms with Crippen LogP contribution in [-0.4, -0.2) is 45.2 Å². The van der Waals surface area contributed by atoms with Gasteiger partial charge in [-0.25, -0.2) is 9.18 Å². The Bertz CT molecular complexity index is 1830. The summed E-state index contributed by atoms with van der Waals surface area (Å²) in [4.78, 5) is 34.9. The lowest BCUT2D eigenvalue weighted by Crippen LogP contribution is -2.51. The molecule has 0 amide bonds. The van der Waals surface area contributed by atoms with E-state index in [0.717, 1.165) is 39.6 Å². The van der Waals surface area contributed by atoms with Crippen LogP contribution in [0.15, 0.2) is 76.4 Å². The van der Waals surface area contributed by atoms with E-state index in [1.54, 1.807) is 35.2 Å². The Balaban J connectivity index is 1.49. The second-order valence-corrected chi connectivity index (χ2v) is 11.3. The number of hydrogen-bond acceptors (Lipinski definition) is 6. The minimum Gasteiger partial charge on any atom is -0.363 e. The van der Waals surface area contributed by atoms with E-state index in [9.17, 15) is 40.3 Å². The minimum absolute atomic E-state index is 0.0568. The molecule has 1 fully saturated rings. The summed E-state index contributed by atoms with van der Waals surface area (Å²) in [6.45, 7) is 1.87. The summed E-state index contributed by atoms with van der Waals surface area (Å²) in [5.74, 6) is -1.15. The van der Waals surface area contributed by atoms with Crippen LogP contribution in [0.4, 0.5) is 36.4 Å². The zero-order valence-electron chi connectivity index (χ0n) is 25.2. The monoisotopic (exact) mass is 664 g/mol. The largest absolute Gasteiger partial charge is 0.433 e. The highest BCUT2D eigenvalue weighted by molar-refractivity contribution is 5.50. The highest BCUT2D eigenvalue weighted by Gasteiger charge is 2.35. The van der Waals surface area contributed by atoms with Crippen LogP contribution in [-0.2, 0) is 32.0 Å². The molecule has 2 aromatic carbocycles. The van der Waals surface area contributed by atoms with Crippen molar-refractivity contribution in [3.8, 4) is 0 Å². The second kappa shape index (κ2) is 13.3. The topological polar surface area (TPSA) is 89.4 Å². The molecule has 1 atom stereocenters. The smallest absolute Gasteiger partial charge is 0.363 e. The van der Waals surface area contributed by atoms with Crippen LogP contribution in [0.3, 0.4) is 0 Å². The normalized spacial score (nSPS) is 15.2. The van der Waals surface area contributed by atoms with Gasteiger partial charge in [0.25, 0.3) is 5.56 Å². The third-order valence-electron chi connectivity index (χ3n) is 8.21. The number of halogens is 7. The Morgan fingerprint density at radius 1 is 0.830 bits per heavy atom. The van der Waals surface area contributed by atoms with Crippen molar-refractivity contribution in [1.82, 2.24) is 19.0 Å². The number of hydrogen-bond donors (Lipinski definition) is 1. The molecule has 47 heavy (non-hydrogen) atoms. The third kappa shape index (κ3) is 7.41. The molecule has 2 N–H and O–H groups in total. The molecular weight excluding hydrogens is 633 g/mol. The van der Waals surface area contributed by atoms with Crippen molar-refractivity contribution in [2.24, 2.45) is 5.73 Å². The first-order valence-electron chi connectivity index (χ1n) is 14.6. The molecule has 0 bridgehead atoms. The lowest BCUT2D eigenvalue weighted by atomic mass is 10.1. The van der Waals surface area contributed by atoms with Crippen LogP contribution in [0.1, 0.15) is 39.7 Å². The Labute approximate surface area is 264 Å². The molecule has 1 saturated heterocycles. The zero-order chi connectivity index (χ0) is 34.1. The number of piperazine rings is 1. The fourth-order valence-corrected chi connectivity index (χ4v) is 5.72. The highest BCUT2D eigenvalue weighted by Crippen LogP contribution is 2.34. The van der Waals surface area contributed by atoms with Crippen LogP contribution in [0, 0.1) is 12.7 Å². The van der Waals surface area contributed by atoms with Gasteiger partial charge in [-0.05, 0) is 36.2 Å². The van der Waals surface area contributed by atoms with Crippen LogP contribution < -0.4 is 21.9 Å². The van der Waals surface area contributed by atoms with Gasteiger partial charge in [-0.1, -0.05) is 42.5 Å². The summed E-state index contributed by atoms with van der Waals surface area (Å²) in [7, 11) is 0. The maximum absolute atomic E-state index is 14.9. The number of aromatic nitrogens is 3. The van der Waals surface area contributed by atoms with Gasteiger partial charge in [0, 0.05) is 56.2 Å². The molecule has 3 heterocycles. The number of rotatable bonds is 8. The minimum atomic E-state index is -4.90. The van der Waals surface area contributed by atoms with Crippen molar-refractivity contribution in [1.29, 1.82) is 0 Å². The molecule has 8 nitrogen and oxygen atoms in total. The molecular formula is C32H31F7N6O2. The van der Waals surface area contributed by atoms with Gasteiger partial charge in [-0.15, -0.1) is 0 Å². The van der Waals surface area contributed by atoms with Crippen LogP contribution in [0.2, 0.25) is 0 Å². The van der Waals surface area contributed by atoms with E-state index in [0.29, 0.717) is 30.8 Å². The predicted molar refractivity (Wildman–Crippen MR) is 160 cm³/mol. The number of nitrogens with zero attached hydrogens (tertiary/aromatic N) is 5. The molecule has 5 rings (SSSR count). The number of pyridine rings is 1. The molecule has 4 aromatic rings. The van der Waals surface area contributed by atoms with E-state index >= 15 is 0 Å². The molecule has 250 valence electrons. The van der Waals surface area contributed by atoms with Gasteiger partial charge in [-0.2, -0.15) is 26.3 Å². The number of anilines is 1. The van der Waals surface area contributed by atoms with Gasteiger partial charge >= 0.3 is 18.0 Å². The Morgan fingerprint density at radius 2 is 1.51 bits per heavy atom. The van der Waals surface area contributed by atoms with Gasteiger partial charge in [0.2, 0.25) is 0 Å². The van der Waals surface area contributed by atoms with Crippen molar-refractivity contribution in [2.45, 2.75) is 45.0 Å². The molecule has 1 unspecified atom stereocenters. The molecule has 0 aliphatic carbocycles. The number of alkyl halides is 6. The van der Waals surface area contributed by atoms with E-state index in [-0.39, 0.29) is 31.0 Å². The molecule has 1 aliphatic rings. The third-order valence-corrected chi connectivity index (χ3v) is 8.21. The lowest BCUT2D eigenvalue weighted by molar-refractivity contribution is -0.141. The summed E-state index contributed by atoms with van der Waals surface area (Å²) in [5, 5.41) is 0. The van der Waals surface area contributed by atoms with Crippen LogP contribution in [0.5, 0.6) is 0 Å². The average molecular weight is 665 g/mol. The first-order valence-corrected chi connectivity index (χ1v) is 14.6. The van der Waals surface area contributed by atoms with Crippen LogP contribution in [0.25, 0.3) is 0 Å². The summed E-state index contributed by atoms with van der Waals surface area (Å²) in [6.07, 6.45) is -8.31. The predicted octanol–water partition coefficient (Wildman–Crippen LogP) is 4.96. The maximum Gasteiger partial charge on any atom is 0.433 e. The van der Waals surface area contributed by atoms with Gasteiger partial charge in [0.1, 0.15) is 17.2 Å². The van der Waals surface area contributed by atoms with Gasteiger partial charge < -0.3 is 10.6 Å². The summed E-state index contributed by atoms with van der Waals surface area (Å²) < 4.78 is 97.1. The van der Waals surface area contributed by atoms with Gasteiger partial charge in [0.15, 0.2) is 0 Å². The van der Waals surface area contributed by atoms with Crippen molar-refractivity contribution < 1.29 is 30.7 Å². The molecule has 0 saturated carbocycles. The summed E-state index contributed by atoms with van der Waals surface area (Å²) in [5.41, 5.74) is 3.03. The Morgan fingerprint density at radius 3 is 2.11 bits per heavy atom. The van der Waals surface area contributed by atoms with E-state index < -0.39 is 58.8 Å². The quantitative estimate of drug-likeness (QED) is 0.268. The molecule has 1 aliphatic heterocycles. The van der Waals surface area contributed by atoms with Gasteiger partial charge in [-0.3, -0.25) is 23.8 Å². The Hall–Kier alpha value is -4.50. The van der Waals surface area contributed by atoms with E-state index in [4.69, 9.17) is 5.73 Å². The molecule has 0 radical (unpaired) electrons. The molecule has 0 spiro atoms. The standard InChI is InChI=1S/C32H31F7N6O2/c1-20-28(43-14-12-42(13-15-43)17-21-10-11-27(41-16-21)32(37,38)39)29(46)45(19-26(40)22-6-3-2-4-7-22)30(47)44(20)18-23-24(31(34,35)36)8-5-9-25(23)33/h2-11,16,26H,12-15,17-19,40H2,1H3. The van der Waals surface area contributed by atoms with Crippen molar-refractivity contribution in [3.63, 3.8) is 0 Å². The fraction of sp³-hybridized carbons (Fsp3) is 0.344. The fourth-order valence-electron chi connectivity index (χ4n) is 5.72. The summed E-state index contributed by atoms with van der Waals surface area (Å²) in [6, 6.07) is 12.6. The summed E-state index contributed by atoms with van der Waals surface area (Å²) >= 11 is 0. The first-order chi connectivity index (χ1) is 22.1. The first kappa shape index (κ1) is 33.9. The zero-order valence-corrected chi connectivity index (χ0v) is 25.2. The van der Waals surface area contributed by atoms with E-state index in [2.05, 4.69) is 4.98 Å². The maximum atomic E-state index is 14.9. The van der Waals surface area contributed by atoms with E-state index in [1.807, 2.05) is 4.90 Å². The number of benzene rings is 2. The number of nitrogens with two attached hydrogens (primary N) is 1. The molecule has 2 aromatic heterocycles. The van der Waals surface area contributed by atoms with Crippen molar-refractivity contribution in [3.05, 3.63) is 127 Å². The van der Waals surface area contributed by atoms with Crippen LogP contribution >= 0.6 is 0 Å². The van der Waals surface area contributed by atoms with E-state index in [1.165, 1.54) is 13.0 Å². The van der Waals surface area contributed by atoms with Crippen molar-refractivity contribution >= 4 is 5.69 Å². The lowest BCUT2D eigenvalue weighted by Gasteiger charge is -2.37. The van der Waals surface area contributed by atoms with Crippen molar-refractivity contribution in [2.75, 3.05) is 31.1 Å². The second-order valence-electron chi connectivity index (χ2n) is 11.3. The molecule has 15 heteroatoms. The van der Waals surface area contributed by atoms with Gasteiger partial charge in [0.05, 0.1) is 18.7 Å². The Kier molecular flexibility index (Phi) is 9.59. The SMILES string of the molecule is Cc1c(N2CCN(Cc3ccc(C(F)(F)F)nc3)CC2)c(=O)n(CC(N)c2ccccc2)c(=O)n1Cc1c(F)cccc1C(F)(F)F.